The number of amides is 1. The smallest absolute Gasteiger partial charge is 0.257 e. The van der Waals surface area contributed by atoms with E-state index in [2.05, 4.69) is 5.32 Å². The van der Waals surface area contributed by atoms with E-state index >= 15 is 0 Å². The summed E-state index contributed by atoms with van der Waals surface area (Å²) in [7, 11) is 0. The van der Waals surface area contributed by atoms with Crippen LogP contribution in [-0.2, 0) is 4.79 Å². The first-order valence-electron chi connectivity index (χ1n) is 8.66. The van der Waals surface area contributed by atoms with Gasteiger partial charge in [-0.05, 0) is 49.2 Å². The molecule has 1 amide bonds. The molecule has 136 valence electrons. The predicted molar refractivity (Wildman–Crippen MR) is 100 cm³/mol. The Hall–Kier alpha value is -2.79. The lowest BCUT2D eigenvalue weighted by atomic mass is 10.1. The number of hydrogen-bond acceptors (Lipinski definition) is 4. The molecule has 0 saturated carbocycles. The van der Waals surface area contributed by atoms with Crippen LogP contribution in [-0.4, -0.2) is 24.2 Å². The lowest BCUT2D eigenvalue weighted by Crippen LogP contribution is -2.30. The van der Waals surface area contributed by atoms with Gasteiger partial charge in [-0.15, -0.1) is 0 Å². The summed E-state index contributed by atoms with van der Waals surface area (Å²) in [4.78, 5) is 11.9. The minimum Gasteiger partial charge on any atom is -0.484 e. The largest absolute Gasteiger partial charge is 0.484 e. The van der Waals surface area contributed by atoms with Crippen molar-refractivity contribution < 1.29 is 19.1 Å². The average Bonchev–Trinajstić information content (AvgIpc) is 2.98. The highest BCUT2D eigenvalue weighted by Gasteiger charge is 2.14. The second kappa shape index (κ2) is 8.06. The zero-order chi connectivity index (χ0) is 18.5. The highest BCUT2D eigenvalue weighted by molar-refractivity contribution is 5.84. The van der Waals surface area contributed by atoms with Gasteiger partial charge in [-0.3, -0.25) is 4.79 Å². The summed E-state index contributed by atoms with van der Waals surface area (Å²) in [5, 5.41) is 15.2. The second-order valence-electron chi connectivity index (χ2n) is 6.32. The lowest BCUT2D eigenvalue weighted by molar-refractivity contribution is -0.123. The number of carbonyl (C=O) groups excluding carboxylic acids is 1. The molecule has 3 rings (SSSR count). The molecular weight excluding hydrogens is 330 g/mol. The van der Waals surface area contributed by atoms with Crippen LogP contribution in [0.15, 0.2) is 52.9 Å². The van der Waals surface area contributed by atoms with Crippen molar-refractivity contribution in [2.75, 3.05) is 13.2 Å². The fourth-order valence-corrected chi connectivity index (χ4v) is 2.94. The van der Waals surface area contributed by atoms with E-state index in [0.717, 1.165) is 22.1 Å². The molecule has 0 bridgehead atoms. The number of nitrogens with one attached hydrogen (secondary N) is 1. The maximum absolute atomic E-state index is 11.9. The van der Waals surface area contributed by atoms with Gasteiger partial charge in [-0.25, -0.2) is 0 Å². The summed E-state index contributed by atoms with van der Waals surface area (Å²) in [5.41, 5.74) is 0.768. The Morgan fingerprint density at radius 2 is 1.92 bits per heavy atom. The van der Waals surface area contributed by atoms with Gasteiger partial charge in [-0.1, -0.05) is 30.3 Å². The highest BCUT2D eigenvalue weighted by Crippen LogP contribution is 2.23. The van der Waals surface area contributed by atoms with Crippen LogP contribution in [0.5, 0.6) is 5.75 Å². The van der Waals surface area contributed by atoms with Gasteiger partial charge >= 0.3 is 0 Å². The minimum atomic E-state index is -0.658. The summed E-state index contributed by atoms with van der Waals surface area (Å²) < 4.78 is 11.0. The Labute approximate surface area is 152 Å². The van der Waals surface area contributed by atoms with Crippen molar-refractivity contribution in [1.82, 2.24) is 5.32 Å². The van der Waals surface area contributed by atoms with Gasteiger partial charge in [0.25, 0.3) is 5.91 Å². The van der Waals surface area contributed by atoms with Gasteiger partial charge in [0.2, 0.25) is 0 Å². The van der Waals surface area contributed by atoms with Gasteiger partial charge in [0.15, 0.2) is 6.61 Å². The Balaban J connectivity index is 1.44. The van der Waals surface area contributed by atoms with Crippen molar-refractivity contribution in [3.63, 3.8) is 0 Å². The molecule has 1 heterocycles. The molecule has 26 heavy (non-hydrogen) atoms. The zero-order valence-corrected chi connectivity index (χ0v) is 15.0. The molecule has 0 saturated heterocycles. The molecule has 0 fully saturated rings. The predicted octanol–water partition coefficient (Wildman–Crippen LogP) is 3.67. The molecule has 0 aliphatic rings. The first-order valence-corrected chi connectivity index (χ1v) is 8.66. The number of ether oxygens (including phenoxy) is 1. The van der Waals surface area contributed by atoms with Crippen LogP contribution in [0.3, 0.4) is 0 Å². The molecule has 1 atom stereocenters. The van der Waals surface area contributed by atoms with Crippen molar-refractivity contribution in [3.8, 4) is 5.75 Å². The molecule has 2 N–H and O–H groups in total. The van der Waals surface area contributed by atoms with Crippen LogP contribution in [0, 0.1) is 13.8 Å². The number of hydrogen-bond donors (Lipinski definition) is 2. The van der Waals surface area contributed by atoms with Crippen molar-refractivity contribution in [2.45, 2.75) is 26.4 Å². The second-order valence-corrected chi connectivity index (χ2v) is 6.32. The number of carbonyl (C=O) groups is 1. The summed E-state index contributed by atoms with van der Waals surface area (Å²) >= 11 is 0. The van der Waals surface area contributed by atoms with E-state index < -0.39 is 6.10 Å². The third kappa shape index (κ3) is 4.43. The quantitative estimate of drug-likeness (QED) is 0.680. The van der Waals surface area contributed by atoms with Gasteiger partial charge in [0.05, 0.1) is 6.10 Å². The standard InChI is InChI=1S/C21H23NO4/c1-14-11-19(15(2)26-14)20(23)9-10-22-21(24)13-25-18-8-7-16-5-3-4-6-17(16)12-18/h3-8,11-12,20,23H,9-10,13H2,1-2H3,(H,22,24). The SMILES string of the molecule is Cc1cc(C(O)CCNC(=O)COc2ccc3ccccc3c2)c(C)o1. The molecule has 0 radical (unpaired) electrons. The summed E-state index contributed by atoms with van der Waals surface area (Å²) in [6, 6.07) is 15.5. The average molecular weight is 353 g/mol. The molecular formula is C21H23NO4. The summed E-state index contributed by atoms with van der Waals surface area (Å²) in [5.74, 6) is 1.92. The summed E-state index contributed by atoms with van der Waals surface area (Å²) in [6.07, 6.45) is -0.240. The molecule has 2 aromatic carbocycles. The molecule has 5 heteroatoms. The number of aryl methyl sites for hydroxylation is 2. The molecule has 1 unspecified atom stereocenters. The van der Waals surface area contributed by atoms with Crippen LogP contribution in [0.1, 0.15) is 29.6 Å². The number of rotatable bonds is 7. The van der Waals surface area contributed by atoms with E-state index in [4.69, 9.17) is 9.15 Å². The van der Waals surface area contributed by atoms with Crippen LogP contribution < -0.4 is 10.1 Å². The van der Waals surface area contributed by atoms with E-state index in [9.17, 15) is 9.90 Å². The Kier molecular flexibility index (Phi) is 5.58. The zero-order valence-electron chi connectivity index (χ0n) is 15.0. The number of benzene rings is 2. The van der Waals surface area contributed by atoms with Crippen molar-refractivity contribution in [1.29, 1.82) is 0 Å². The number of aliphatic hydroxyl groups is 1. The van der Waals surface area contributed by atoms with Gasteiger partial charge in [0, 0.05) is 12.1 Å². The monoisotopic (exact) mass is 353 g/mol. The van der Waals surface area contributed by atoms with E-state index in [1.54, 1.807) is 0 Å². The van der Waals surface area contributed by atoms with Crippen LogP contribution in [0.4, 0.5) is 0 Å². The van der Waals surface area contributed by atoms with Crippen molar-refractivity contribution in [2.24, 2.45) is 0 Å². The maximum Gasteiger partial charge on any atom is 0.257 e. The van der Waals surface area contributed by atoms with E-state index in [1.807, 2.05) is 62.4 Å². The fourth-order valence-electron chi connectivity index (χ4n) is 2.94. The Morgan fingerprint density at radius 3 is 2.65 bits per heavy atom. The van der Waals surface area contributed by atoms with Crippen LogP contribution in [0.2, 0.25) is 0 Å². The van der Waals surface area contributed by atoms with E-state index in [0.29, 0.717) is 24.5 Å². The lowest BCUT2D eigenvalue weighted by Gasteiger charge is -2.11. The van der Waals surface area contributed by atoms with Crippen molar-refractivity contribution in [3.05, 3.63) is 65.6 Å². The van der Waals surface area contributed by atoms with Crippen LogP contribution >= 0.6 is 0 Å². The van der Waals surface area contributed by atoms with Gasteiger partial charge in [-0.2, -0.15) is 0 Å². The number of furan rings is 1. The Bertz CT molecular complexity index is 900. The molecule has 1 aromatic heterocycles. The molecule has 5 nitrogen and oxygen atoms in total. The fraction of sp³-hybridized carbons (Fsp3) is 0.286. The molecule has 0 aliphatic heterocycles. The minimum absolute atomic E-state index is 0.0573. The number of fused-ring (bicyclic) bond motifs is 1. The van der Waals surface area contributed by atoms with Crippen LogP contribution in [0.25, 0.3) is 10.8 Å². The van der Waals surface area contributed by atoms with Gasteiger partial charge < -0.3 is 19.6 Å². The number of aliphatic hydroxyl groups excluding tert-OH is 1. The molecule has 0 spiro atoms. The van der Waals surface area contributed by atoms with Gasteiger partial charge in [0.1, 0.15) is 17.3 Å². The highest BCUT2D eigenvalue weighted by atomic mass is 16.5. The third-order valence-corrected chi connectivity index (χ3v) is 4.27. The maximum atomic E-state index is 11.9. The normalized spacial score (nSPS) is 12.1. The first kappa shape index (κ1) is 18.0. The van der Waals surface area contributed by atoms with E-state index in [1.165, 1.54) is 0 Å². The third-order valence-electron chi connectivity index (χ3n) is 4.27. The van der Waals surface area contributed by atoms with E-state index in [-0.39, 0.29) is 12.5 Å². The molecule has 0 aliphatic carbocycles. The molecule has 3 aromatic rings. The summed E-state index contributed by atoms with van der Waals surface area (Å²) in [6.45, 7) is 3.97. The Morgan fingerprint density at radius 1 is 1.15 bits per heavy atom. The topological polar surface area (TPSA) is 71.7 Å². The first-order chi connectivity index (χ1) is 12.5. The van der Waals surface area contributed by atoms with Crippen molar-refractivity contribution >= 4 is 16.7 Å².